The Morgan fingerprint density at radius 1 is 1.10 bits per heavy atom. The molecule has 3 aliphatic heterocycles. The summed E-state index contributed by atoms with van der Waals surface area (Å²) in [6.45, 7) is 1.33. The number of carbonyl (C=O) groups excluding carboxylic acids is 2. The largest absolute Gasteiger partial charge is 0.350 e. The number of hydrogen-bond acceptors (Lipinski definition) is 3. The van der Waals surface area contributed by atoms with Gasteiger partial charge < -0.3 is 10.6 Å². The van der Waals surface area contributed by atoms with E-state index in [1.165, 1.54) is 5.56 Å². The number of fused-ring (bicyclic) bond motifs is 1. The van der Waals surface area contributed by atoms with Gasteiger partial charge in [-0.05, 0) is 36.9 Å². The zero-order valence-corrected chi connectivity index (χ0v) is 16.7. The number of carbonyl (C=O) groups is 2. The van der Waals surface area contributed by atoms with Crippen LogP contribution in [-0.2, 0) is 22.6 Å². The van der Waals surface area contributed by atoms with E-state index in [0.717, 1.165) is 24.9 Å². The Balaban J connectivity index is 1.44. The molecule has 2 N–H and O–H groups in total. The molecule has 5 atom stereocenters. The summed E-state index contributed by atoms with van der Waals surface area (Å²) in [5.41, 5.74) is 1.47. The fourth-order valence-corrected chi connectivity index (χ4v) is 6.04. The maximum atomic E-state index is 13.5. The van der Waals surface area contributed by atoms with Crippen molar-refractivity contribution < 1.29 is 9.59 Å². The monoisotopic (exact) mass is 389 g/mol. The predicted octanol–water partition coefficient (Wildman–Crippen LogP) is 1.98. The molecule has 2 aromatic carbocycles. The summed E-state index contributed by atoms with van der Waals surface area (Å²) in [6, 6.07) is 20.3. The molecule has 150 valence electrons. The second-order valence-electron chi connectivity index (χ2n) is 8.80. The molecule has 6 rings (SSSR count). The van der Waals surface area contributed by atoms with Gasteiger partial charge in [0.05, 0.1) is 0 Å². The van der Waals surface area contributed by atoms with Gasteiger partial charge in [0.1, 0.15) is 5.54 Å². The van der Waals surface area contributed by atoms with E-state index in [1.54, 1.807) is 0 Å². The van der Waals surface area contributed by atoms with E-state index in [9.17, 15) is 9.59 Å². The van der Waals surface area contributed by atoms with Crippen molar-refractivity contribution in [1.29, 1.82) is 0 Å². The Kier molecular flexibility index (Phi) is 4.43. The topological polar surface area (TPSA) is 61.4 Å². The van der Waals surface area contributed by atoms with E-state index in [2.05, 4.69) is 34.7 Å². The number of benzene rings is 2. The third-order valence-electron chi connectivity index (χ3n) is 7.21. The molecule has 1 saturated carbocycles. The van der Waals surface area contributed by atoms with Gasteiger partial charge in [-0.15, -0.1) is 0 Å². The van der Waals surface area contributed by atoms with Gasteiger partial charge >= 0.3 is 0 Å². The van der Waals surface area contributed by atoms with Gasteiger partial charge in [-0.1, -0.05) is 60.7 Å². The molecule has 2 amide bonds. The molecule has 5 heteroatoms. The standard InChI is InChI=1S/C24H27N3O2/c1-27-15-18-13-20-19(12-16-8-4-2-5-9-16)21(27)24(18,26-22(20)28)23(29)25-14-17-10-6-3-7-11-17/h2-11,18-21H,12-15H2,1H3,(H,25,29)(H,26,28). The van der Waals surface area contributed by atoms with Crippen molar-refractivity contribution in [2.75, 3.05) is 13.6 Å². The number of likely N-dealkylation sites (N-methyl/N-ethyl adjacent to an activating group) is 1. The fourth-order valence-electron chi connectivity index (χ4n) is 6.04. The molecule has 5 unspecified atom stereocenters. The minimum atomic E-state index is -0.825. The number of hydrogen-bond donors (Lipinski definition) is 2. The van der Waals surface area contributed by atoms with Crippen molar-refractivity contribution in [3.05, 3.63) is 71.8 Å². The van der Waals surface area contributed by atoms with Gasteiger partial charge in [0.25, 0.3) is 0 Å². The molecule has 1 aliphatic carbocycles. The van der Waals surface area contributed by atoms with Gasteiger partial charge in [-0.3, -0.25) is 14.5 Å². The number of nitrogens with one attached hydrogen (secondary N) is 2. The zero-order valence-electron chi connectivity index (χ0n) is 16.7. The highest BCUT2D eigenvalue weighted by atomic mass is 16.2. The van der Waals surface area contributed by atoms with Gasteiger partial charge in [0, 0.05) is 31.0 Å². The van der Waals surface area contributed by atoms with Crippen LogP contribution in [0.2, 0.25) is 0 Å². The van der Waals surface area contributed by atoms with Crippen molar-refractivity contribution >= 4 is 11.8 Å². The molecule has 0 aromatic heterocycles. The Morgan fingerprint density at radius 3 is 2.45 bits per heavy atom. The summed E-state index contributed by atoms with van der Waals surface area (Å²) in [5.74, 6) is 0.313. The molecule has 3 saturated heterocycles. The van der Waals surface area contributed by atoms with Crippen LogP contribution < -0.4 is 10.6 Å². The lowest BCUT2D eigenvalue weighted by atomic mass is 9.58. The smallest absolute Gasteiger partial charge is 0.248 e. The van der Waals surface area contributed by atoms with Crippen LogP contribution in [0.4, 0.5) is 0 Å². The van der Waals surface area contributed by atoms with Gasteiger partial charge in [-0.25, -0.2) is 0 Å². The molecule has 4 bridgehead atoms. The van der Waals surface area contributed by atoms with Crippen molar-refractivity contribution in [1.82, 2.24) is 15.5 Å². The summed E-state index contributed by atoms with van der Waals surface area (Å²) < 4.78 is 0. The highest BCUT2D eigenvalue weighted by Crippen LogP contribution is 2.53. The van der Waals surface area contributed by atoms with Crippen LogP contribution in [0, 0.1) is 17.8 Å². The average molecular weight is 389 g/mol. The van der Waals surface area contributed by atoms with Gasteiger partial charge in [0.15, 0.2) is 0 Å². The maximum absolute atomic E-state index is 13.5. The minimum Gasteiger partial charge on any atom is -0.350 e. The second kappa shape index (κ2) is 6.99. The Morgan fingerprint density at radius 2 is 1.76 bits per heavy atom. The van der Waals surface area contributed by atoms with Crippen LogP contribution in [-0.4, -0.2) is 41.9 Å². The zero-order chi connectivity index (χ0) is 20.0. The van der Waals surface area contributed by atoms with E-state index >= 15 is 0 Å². The lowest BCUT2D eigenvalue weighted by molar-refractivity contribution is -0.153. The SMILES string of the molecule is CN1CC2CC3C(=O)NC2(C(=O)NCc2ccccc2)C1C3Cc1ccccc1. The van der Waals surface area contributed by atoms with E-state index in [-0.39, 0.29) is 35.6 Å². The molecule has 3 heterocycles. The molecule has 4 fully saturated rings. The highest BCUT2D eigenvalue weighted by molar-refractivity contribution is 5.97. The fraction of sp³-hybridized carbons (Fsp3) is 0.417. The van der Waals surface area contributed by atoms with Crippen molar-refractivity contribution in [2.24, 2.45) is 17.8 Å². The normalized spacial score (nSPS) is 32.8. The van der Waals surface area contributed by atoms with Crippen LogP contribution in [0.15, 0.2) is 60.7 Å². The lowest BCUT2D eigenvalue weighted by Crippen LogP contribution is -2.77. The predicted molar refractivity (Wildman–Crippen MR) is 111 cm³/mol. The molecular weight excluding hydrogens is 362 g/mol. The molecule has 0 radical (unpaired) electrons. The number of rotatable bonds is 5. The van der Waals surface area contributed by atoms with Crippen molar-refractivity contribution in [3.63, 3.8) is 0 Å². The maximum Gasteiger partial charge on any atom is 0.248 e. The molecule has 4 aliphatic rings. The summed E-state index contributed by atoms with van der Waals surface area (Å²) in [6.07, 6.45) is 1.62. The van der Waals surface area contributed by atoms with Crippen LogP contribution in [0.5, 0.6) is 0 Å². The lowest BCUT2D eigenvalue weighted by Gasteiger charge is -2.54. The molecule has 0 spiro atoms. The Hall–Kier alpha value is -2.66. The molecule has 29 heavy (non-hydrogen) atoms. The number of amides is 2. The van der Waals surface area contributed by atoms with Crippen LogP contribution in [0.25, 0.3) is 0 Å². The van der Waals surface area contributed by atoms with Crippen LogP contribution >= 0.6 is 0 Å². The summed E-state index contributed by atoms with van der Waals surface area (Å²) in [5, 5.41) is 6.31. The number of nitrogens with zero attached hydrogens (tertiary/aromatic N) is 1. The van der Waals surface area contributed by atoms with Crippen LogP contribution in [0.1, 0.15) is 17.5 Å². The minimum absolute atomic E-state index is 0.0149. The third-order valence-corrected chi connectivity index (χ3v) is 7.21. The van der Waals surface area contributed by atoms with Crippen LogP contribution in [0.3, 0.4) is 0 Å². The summed E-state index contributed by atoms with van der Waals surface area (Å²) in [7, 11) is 2.10. The van der Waals surface area contributed by atoms with Gasteiger partial charge in [-0.2, -0.15) is 0 Å². The first-order valence-corrected chi connectivity index (χ1v) is 10.5. The quantitative estimate of drug-likeness (QED) is 0.822. The first-order chi connectivity index (χ1) is 14.1. The molecular formula is C24H27N3O2. The summed E-state index contributed by atoms with van der Waals surface area (Å²) >= 11 is 0. The highest BCUT2D eigenvalue weighted by Gasteiger charge is 2.69. The molecule has 2 aromatic rings. The number of likely N-dealkylation sites (tertiary alicyclic amines) is 1. The number of piperidine rings is 2. The second-order valence-corrected chi connectivity index (χ2v) is 8.80. The Bertz CT molecular complexity index is 916. The van der Waals surface area contributed by atoms with E-state index in [1.807, 2.05) is 48.5 Å². The molecule has 5 nitrogen and oxygen atoms in total. The van der Waals surface area contributed by atoms with Crippen molar-refractivity contribution in [3.8, 4) is 0 Å². The average Bonchev–Trinajstić information content (AvgIpc) is 2.95. The van der Waals surface area contributed by atoms with Crippen molar-refractivity contribution in [2.45, 2.75) is 31.0 Å². The Labute approximate surface area is 171 Å². The first-order valence-electron chi connectivity index (χ1n) is 10.5. The van der Waals surface area contributed by atoms with E-state index in [4.69, 9.17) is 0 Å². The van der Waals surface area contributed by atoms with E-state index in [0.29, 0.717) is 6.54 Å². The third kappa shape index (κ3) is 2.87. The van der Waals surface area contributed by atoms with E-state index < -0.39 is 5.54 Å². The summed E-state index contributed by atoms with van der Waals surface area (Å²) in [4.78, 5) is 28.8. The first kappa shape index (κ1) is 18.4. The van der Waals surface area contributed by atoms with Gasteiger partial charge in [0.2, 0.25) is 11.8 Å².